The monoisotopic (exact) mass is 238 g/mol. The maximum absolute atomic E-state index is 5.52. The summed E-state index contributed by atoms with van der Waals surface area (Å²) in [6.45, 7) is 6.95. The number of rotatable bonds is 8. The maximum Gasteiger partial charge on any atom is 0.125 e. The van der Waals surface area contributed by atoms with E-state index in [4.69, 9.17) is 9.47 Å². The van der Waals surface area contributed by atoms with Gasteiger partial charge in [-0.2, -0.15) is 0 Å². The van der Waals surface area contributed by atoms with E-state index < -0.39 is 0 Å². The number of aromatic nitrogens is 1. The molecule has 0 aliphatic carbocycles. The van der Waals surface area contributed by atoms with Gasteiger partial charge in [0.1, 0.15) is 5.82 Å². The van der Waals surface area contributed by atoms with Crippen molar-refractivity contribution in [1.82, 2.24) is 4.98 Å². The lowest BCUT2D eigenvalue weighted by molar-refractivity contribution is 0.0314. The third kappa shape index (κ3) is 6.24. The number of pyridine rings is 1. The zero-order valence-electron chi connectivity index (χ0n) is 10.9. The van der Waals surface area contributed by atoms with E-state index in [1.165, 1.54) is 0 Å². The Kier molecular flexibility index (Phi) is 6.58. The normalized spacial score (nSPS) is 10.8. The fourth-order valence-corrected chi connectivity index (χ4v) is 1.33. The molecule has 1 rings (SSSR count). The molecule has 0 radical (unpaired) electrons. The van der Waals surface area contributed by atoms with Crippen molar-refractivity contribution in [1.29, 1.82) is 0 Å². The van der Waals surface area contributed by atoms with Gasteiger partial charge in [-0.3, -0.25) is 0 Å². The molecule has 0 amide bonds. The Bertz CT molecular complexity index is 316. The Hall–Kier alpha value is -1.13. The maximum atomic E-state index is 5.52. The molecule has 0 atom stereocenters. The lowest BCUT2D eigenvalue weighted by Crippen LogP contribution is -2.08. The second-order valence-electron chi connectivity index (χ2n) is 4.32. The van der Waals surface area contributed by atoms with Crippen LogP contribution in [0.25, 0.3) is 0 Å². The second kappa shape index (κ2) is 8.03. The predicted molar refractivity (Wildman–Crippen MR) is 69.1 cm³/mol. The summed E-state index contributed by atoms with van der Waals surface area (Å²) in [7, 11) is 1.85. The van der Waals surface area contributed by atoms with E-state index in [1.54, 1.807) is 6.20 Å². The molecule has 0 aliphatic rings. The van der Waals surface area contributed by atoms with Crippen LogP contribution in [0.15, 0.2) is 18.3 Å². The van der Waals surface area contributed by atoms with Crippen LogP contribution >= 0.6 is 0 Å². The van der Waals surface area contributed by atoms with Crippen molar-refractivity contribution in [2.75, 3.05) is 32.2 Å². The first kappa shape index (κ1) is 13.9. The van der Waals surface area contributed by atoms with Gasteiger partial charge in [-0.25, -0.2) is 4.98 Å². The fourth-order valence-electron chi connectivity index (χ4n) is 1.33. The average Bonchev–Trinajstić information content (AvgIpc) is 2.33. The second-order valence-corrected chi connectivity index (χ2v) is 4.32. The molecule has 0 unspecified atom stereocenters. The van der Waals surface area contributed by atoms with Crippen LogP contribution in [0.4, 0.5) is 5.82 Å². The lowest BCUT2D eigenvalue weighted by Gasteiger charge is -2.08. The van der Waals surface area contributed by atoms with E-state index in [1.807, 2.05) is 19.2 Å². The van der Waals surface area contributed by atoms with Crippen LogP contribution in [0.2, 0.25) is 0 Å². The first-order valence-corrected chi connectivity index (χ1v) is 6.00. The lowest BCUT2D eigenvalue weighted by atomic mass is 10.2. The Morgan fingerprint density at radius 1 is 1.29 bits per heavy atom. The number of ether oxygens (including phenoxy) is 2. The summed E-state index contributed by atoms with van der Waals surface area (Å²) in [6.07, 6.45) is 1.78. The van der Waals surface area contributed by atoms with Crippen LogP contribution in [0.1, 0.15) is 19.4 Å². The first-order chi connectivity index (χ1) is 8.22. The van der Waals surface area contributed by atoms with E-state index in [0.717, 1.165) is 18.0 Å². The third-order valence-corrected chi connectivity index (χ3v) is 2.17. The Morgan fingerprint density at radius 3 is 2.76 bits per heavy atom. The molecular weight excluding hydrogens is 216 g/mol. The van der Waals surface area contributed by atoms with Crippen molar-refractivity contribution in [3.63, 3.8) is 0 Å². The molecule has 0 saturated heterocycles. The number of hydrogen-bond donors (Lipinski definition) is 1. The highest BCUT2D eigenvalue weighted by molar-refractivity contribution is 5.36. The SMILES string of the molecule is CNc1cc(COCCOCC(C)C)ccn1. The molecule has 0 bridgehead atoms. The van der Waals surface area contributed by atoms with Crippen LogP contribution in [-0.4, -0.2) is 31.9 Å². The van der Waals surface area contributed by atoms with Gasteiger partial charge in [0.15, 0.2) is 0 Å². The van der Waals surface area contributed by atoms with Gasteiger partial charge in [-0.05, 0) is 23.6 Å². The summed E-state index contributed by atoms with van der Waals surface area (Å²) in [5.41, 5.74) is 1.12. The van der Waals surface area contributed by atoms with Crippen LogP contribution in [0.3, 0.4) is 0 Å². The molecule has 0 aliphatic heterocycles. The predicted octanol–water partition coefficient (Wildman–Crippen LogP) is 2.31. The molecule has 1 aromatic heterocycles. The minimum atomic E-state index is 0.577. The summed E-state index contributed by atoms with van der Waals surface area (Å²) in [5, 5.41) is 3.00. The van der Waals surface area contributed by atoms with Gasteiger partial charge in [0, 0.05) is 19.9 Å². The first-order valence-electron chi connectivity index (χ1n) is 6.00. The molecule has 96 valence electrons. The highest BCUT2D eigenvalue weighted by atomic mass is 16.5. The van der Waals surface area contributed by atoms with Crippen LogP contribution in [0.5, 0.6) is 0 Å². The van der Waals surface area contributed by atoms with Crippen molar-refractivity contribution in [2.45, 2.75) is 20.5 Å². The molecule has 4 heteroatoms. The minimum absolute atomic E-state index is 0.577. The Morgan fingerprint density at radius 2 is 2.06 bits per heavy atom. The topological polar surface area (TPSA) is 43.4 Å². The standard InChI is InChI=1S/C13H22N2O2/c1-11(2)9-16-6-7-17-10-12-4-5-15-13(8-12)14-3/h4-5,8,11H,6-7,9-10H2,1-3H3,(H,14,15). The molecule has 0 aromatic carbocycles. The smallest absolute Gasteiger partial charge is 0.125 e. The molecule has 0 spiro atoms. The summed E-state index contributed by atoms with van der Waals surface area (Å²) >= 11 is 0. The van der Waals surface area contributed by atoms with Crippen LogP contribution in [-0.2, 0) is 16.1 Å². The summed E-state index contributed by atoms with van der Waals surface area (Å²) in [6, 6.07) is 3.94. The van der Waals surface area contributed by atoms with E-state index in [-0.39, 0.29) is 0 Å². The largest absolute Gasteiger partial charge is 0.379 e. The number of nitrogens with one attached hydrogen (secondary N) is 1. The van der Waals surface area contributed by atoms with E-state index >= 15 is 0 Å². The zero-order chi connectivity index (χ0) is 12.5. The van der Waals surface area contributed by atoms with Gasteiger partial charge < -0.3 is 14.8 Å². The number of hydrogen-bond acceptors (Lipinski definition) is 4. The van der Waals surface area contributed by atoms with Crippen molar-refractivity contribution < 1.29 is 9.47 Å². The molecule has 1 aromatic rings. The van der Waals surface area contributed by atoms with E-state index in [0.29, 0.717) is 25.7 Å². The van der Waals surface area contributed by atoms with Crippen LogP contribution < -0.4 is 5.32 Å². The van der Waals surface area contributed by atoms with Gasteiger partial charge in [-0.15, -0.1) is 0 Å². The Labute approximate surface area is 103 Å². The van der Waals surface area contributed by atoms with Gasteiger partial charge in [-0.1, -0.05) is 13.8 Å². The summed E-state index contributed by atoms with van der Waals surface area (Å²) < 4.78 is 10.9. The van der Waals surface area contributed by atoms with Crippen molar-refractivity contribution in [3.8, 4) is 0 Å². The molecule has 4 nitrogen and oxygen atoms in total. The summed E-state index contributed by atoms with van der Waals surface area (Å²) in [5.74, 6) is 1.44. The number of nitrogens with zero attached hydrogens (tertiary/aromatic N) is 1. The van der Waals surface area contributed by atoms with Gasteiger partial charge in [0.05, 0.1) is 19.8 Å². The Balaban J connectivity index is 2.13. The molecule has 0 saturated carbocycles. The highest BCUT2D eigenvalue weighted by Gasteiger charge is 1.97. The van der Waals surface area contributed by atoms with E-state index in [9.17, 15) is 0 Å². The van der Waals surface area contributed by atoms with Crippen molar-refractivity contribution in [2.24, 2.45) is 5.92 Å². The molecular formula is C13H22N2O2. The molecule has 1 heterocycles. The van der Waals surface area contributed by atoms with Gasteiger partial charge in [0.2, 0.25) is 0 Å². The van der Waals surface area contributed by atoms with Crippen LogP contribution in [0, 0.1) is 5.92 Å². The minimum Gasteiger partial charge on any atom is -0.379 e. The zero-order valence-corrected chi connectivity index (χ0v) is 10.9. The fraction of sp³-hybridized carbons (Fsp3) is 0.615. The molecule has 17 heavy (non-hydrogen) atoms. The van der Waals surface area contributed by atoms with Gasteiger partial charge >= 0.3 is 0 Å². The summed E-state index contributed by atoms with van der Waals surface area (Å²) in [4.78, 5) is 4.14. The number of anilines is 1. The van der Waals surface area contributed by atoms with Gasteiger partial charge in [0.25, 0.3) is 0 Å². The quantitative estimate of drug-likeness (QED) is 0.706. The third-order valence-electron chi connectivity index (χ3n) is 2.17. The average molecular weight is 238 g/mol. The highest BCUT2D eigenvalue weighted by Crippen LogP contribution is 2.06. The molecule has 1 N–H and O–H groups in total. The molecule has 0 fully saturated rings. The van der Waals surface area contributed by atoms with Crippen molar-refractivity contribution in [3.05, 3.63) is 23.9 Å². The van der Waals surface area contributed by atoms with Crippen molar-refractivity contribution >= 4 is 5.82 Å². The van der Waals surface area contributed by atoms with E-state index in [2.05, 4.69) is 24.1 Å².